The van der Waals surface area contributed by atoms with Crippen LogP contribution in [0.1, 0.15) is 31.4 Å². The van der Waals surface area contributed by atoms with E-state index in [0.717, 1.165) is 6.42 Å². The summed E-state index contributed by atoms with van der Waals surface area (Å²) in [5.74, 6) is -0.439. The fourth-order valence-electron chi connectivity index (χ4n) is 1.31. The maximum atomic E-state index is 11.3. The van der Waals surface area contributed by atoms with Crippen LogP contribution in [0.4, 0.5) is 0 Å². The molecule has 3 nitrogen and oxygen atoms in total. The van der Waals surface area contributed by atoms with Crippen LogP contribution in [0.25, 0.3) is 0 Å². The van der Waals surface area contributed by atoms with E-state index in [0.29, 0.717) is 22.2 Å². The number of esters is 1. The van der Waals surface area contributed by atoms with Gasteiger partial charge in [-0.15, -0.1) is 0 Å². The highest BCUT2D eigenvalue weighted by Gasteiger charge is 2.16. The van der Waals surface area contributed by atoms with E-state index in [-0.39, 0.29) is 6.42 Å². The van der Waals surface area contributed by atoms with Crippen molar-refractivity contribution in [3.05, 3.63) is 33.8 Å². The molecule has 0 aliphatic heterocycles. The molecule has 0 radical (unpaired) electrons. The second-order valence-corrected chi connectivity index (χ2v) is 4.45. The minimum absolute atomic E-state index is 0.110. The van der Waals surface area contributed by atoms with Crippen LogP contribution in [0, 0.1) is 0 Å². The third-order valence-corrected chi connectivity index (χ3v) is 2.71. The first kappa shape index (κ1) is 14.3. The second-order valence-electron chi connectivity index (χ2n) is 3.61. The molecule has 17 heavy (non-hydrogen) atoms. The monoisotopic (exact) mass is 276 g/mol. The van der Waals surface area contributed by atoms with Gasteiger partial charge in [-0.1, -0.05) is 36.2 Å². The zero-order valence-corrected chi connectivity index (χ0v) is 11.0. The van der Waals surface area contributed by atoms with Gasteiger partial charge in [-0.05, 0) is 24.1 Å². The summed E-state index contributed by atoms with van der Waals surface area (Å²) in [5.41, 5.74) is 0.476. The predicted molar refractivity (Wildman–Crippen MR) is 67.3 cm³/mol. The van der Waals surface area contributed by atoms with Crippen molar-refractivity contribution in [1.29, 1.82) is 0 Å². The van der Waals surface area contributed by atoms with E-state index in [1.807, 2.05) is 6.92 Å². The van der Waals surface area contributed by atoms with Crippen molar-refractivity contribution in [3.8, 4) is 0 Å². The SMILES string of the molecule is CCCOC(=O)CC(O)c1ccc(Cl)cc1Cl. The number of rotatable bonds is 5. The molecule has 0 heterocycles. The minimum Gasteiger partial charge on any atom is -0.466 e. The standard InChI is InChI=1S/C12H14Cl2O3/c1-2-5-17-12(16)7-11(15)9-4-3-8(13)6-10(9)14/h3-4,6,11,15H,2,5,7H2,1H3. The summed E-state index contributed by atoms with van der Waals surface area (Å²) in [6.45, 7) is 2.26. The van der Waals surface area contributed by atoms with Gasteiger partial charge >= 0.3 is 5.97 Å². The molecule has 94 valence electrons. The van der Waals surface area contributed by atoms with Crippen LogP contribution >= 0.6 is 23.2 Å². The number of aliphatic hydroxyl groups is 1. The molecule has 0 aliphatic rings. The number of halogens is 2. The average molecular weight is 277 g/mol. The molecule has 0 aliphatic carbocycles. The molecular weight excluding hydrogens is 263 g/mol. The Hall–Kier alpha value is -0.770. The summed E-state index contributed by atoms with van der Waals surface area (Å²) in [6, 6.07) is 4.74. The molecule has 0 bridgehead atoms. The van der Waals surface area contributed by atoms with Crippen LogP contribution in [0.2, 0.25) is 10.0 Å². The van der Waals surface area contributed by atoms with E-state index in [4.69, 9.17) is 27.9 Å². The third kappa shape index (κ3) is 4.54. The summed E-state index contributed by atoms with van der Waals surface area (Å²) in [6.07, 6.45) is -0.325. The maximum Gasteiger partial charge on any atom is 0.308 e. The van der Waals surface area contributed by atoms with Gasteiger partial charge in [0.1, 0.15) is 0 Å². The molecule has 0 spiro atoms. The first-order valence-electron chi connectivity index (χ1n) is 5.33. The molecule has 1 aromatic rings. The first-order chi connectivity index (χ1) is 8.04. The Kier molecular flexibility index (Phi) is 5.75. The molecule has 0 saturated heterocycles. The van der Waals surface area contributed by atoms with Gasteiger partial charge in [0.2, 0.25) is 0 Å². The number of hydrogen-bond acceptors (Lipinski definition) is 3. The van der Waals surface area contributed by atoms with E-state index >= 15 is 0 Å². The Balaban J connectivity index is 2.63. The van der Waals surface area contributed by atoms with Crippen LogP contribution < -0.4 is 0 Å². The molecule has 1 aromatic carbocycles. The van der Waals surface area contributed by atoms with E-state index in [2.05, 4.69) is 0 Å². The number of aliphatic hydroxyl groups excluding tert-OH is 1. The highest BCUT2D eigenvalue weighted by atomic mass is 35.5. The summed E-state index contributed by atoms with van der Waals surface area (Å²) < 4.78 is 4.88. The summed E-state index contributed by atoms with van der Waals surface area (Å²) >= 11 is 11.7. The van der Waals surface area contributed by atoms with Crippen molar-refractivity contribution in [2.24, 2.45) is 0 Å². The fourth-order valence-corrected chi connectivity index (χ4v) is 1.85. The van der Waals surface area contributed by atoms with Crippen molar-refractivity contribution in [1.82, 2.24) is 0 Å². The second kappa shape index (κ2) is 6.84. The normalized spacial score (nSPS) is 12.2. The van der Waals surface area contributed by atoms with Gasteiger partial charge in [-0.2, -0.15) is 0 Å². The highest BCUT2D eigenvalue weighted by Crippen LogP contribution is 2.28. The van der Waals surface area contributed by atoms with Crippen molar-refractivity contribution < 1.29 is 14.6 Å². The van der Waals surface area contributed by atoms with Crippen molar-refractivity contribution in [3.63, 3.8) is 0 Å². The third-order valence-electron chi connectivity index (χ3n) is 2.15. The molecular formula is C12H14Cl2O3. The van der Waals surface area contributed by atoms with E-state index < -0.39 is 12.1 Å². The number of carbonyl (C=O) groups is 1. The van der Waals surface area contributed by atoms with Gasteiger partial charge in [0, 0.05) is 10.0 Å². The Morgan fingerprint density at radius 3 is 2.76 bits per heavy atom. The predicted octanol–water partition coefficient (Wildman–Crippen LogP) is 3.37. The molecule has 1 N–H and O–H groups in total. The minimum atomic E-state index is -0.968. The molecule has 1 atom stereocenters. The Bertz CT molecular complexity index is 393. The zero-order chi connectivity index (χ0) is 12.8. The highest BCUT2D eigenvalue weighted by molar-refractivity contribution is 6.35. The number of carbonyl (C=O) groups excluding carboxylic acids is 1. The largest absolute Gasteiger partial charge is 0.466 e. The van der Waals surface area contributed by atoms with E-state index in [1.54, 1.807) is 12.1 Å². The van der Waals surface area contributed by atoms with Gasteiger partial charge < -0.3 is 9.84 Å². The molecule has 0 amide bonds. The molecule has 0 saturated carbocycles. The summed E-state index contributed by atoms with van der Waals surface area (Å²) in [5, 5.41) is 10.7. The topological polar surface area (TPSA) is 46.5 Å². The van der Waals surface area contributed by atoms with Gasteiger partial charge in [-0.3, -0.25) is 4.79 Å². The Morgan fingerprint density at radius 2 is 2.18 bits per heavy atom. The van der Waals surface area contributed by atoms with E-state index in [9.17, 15) is 9.90 Å². The Labute approximate surface area is 110 Å². The zero-order valence-electron chi connectivity index (χ0n) is 9.45. The van der Waals surface area contributed by atoms with Crippen LogP contribution in [0.5, 0.6) is 0 Å². The quantitative estimate of drug-likeness (QED) is 0.839. The Morgan fingerprint density at radius 1 is 1.47 bits per heavy atom. The number of hydrogen-bond donors (Lipinski definition) is 1. The van der Waals surface area contributed by atoms with Crippen LogP contribution in [-0.4, -0.2) is 17.7 Å². The fraction of sp³-hybridized carbons (Fsp3) is 0.417. The molecule has 0 aromatic heterocycles. The van der Waals surface area contributed by atoms with E-state index in [1.165, 1.54) is 6.07 Å². The van der Waals surface area contributed by atoms with Crippen LogP contribution in [0.3, 0.4) is 0 Å². The molecule has 1 rings (SSSR count). The van der Waals surface area contributed by atoms with Crippen molar-refractivity contribution in [2.45, 2.75) is 25.9 Å². The lowest BCUT2D eigenvalue weighted by Crippen LogP contribution is -2.11. The van der Waals surface area contributed by atoms with Gasteiger partial charge in [-0.25, -0.2) is 0 Å². The lowest BCUT2D eigenvalue weighted by atomic mass is 10.1. The smallest absolute Gasteiger partial charge is 0.308 e. The lowest BCUT2D eigenvalue weighted by Gasteiger charge is -2.12. The van der Waals surface area contributed by atoms with Crippen molar-refractivity contribution in [2.75, 3.05) is 6.61 Å². The first-order valence-corrected chi connectivity index (χ1v) is 6.08. The molecule has 0 fully saturated rings. The number of ether oxygens (including phenoxy) is 1. The maximum absolute atomic E-state index is 11.3. The summed E-state index contributed by atoms with van der Waals surface area (Å²) in [7, 11) is 0. The van der Waals surface area contributed by atoms with Gasteiger partial charge in [0.05, 0.1) is 19.1 Å². The summed E-state index contributed by atoms with van der Waals surface area (Å²) in [4.78, 5) is 11.3. The lowest BCUT2D eigenvalue weighted by molar-refractivity contribution is -0.146. The van der Waals surface area contributed by atoms with Crippen LogP contribution in [0.15, 0.2) is 18.2 Å². The number of benzene rings is 1. The average Bonchev–Trinajstić information content (AvgIpc) is 2.26. The molecule has 1 unspecified atom stereocenters. The van der Waals surface area contributed by atoms with Crippen LogP contribution in [-0.2, 0) is 9.53 Å². The van der Waals surface area contributed by atoms with Gasteiger partial charge in [0.25, 0.3) is 0 Å². The molecule has 5 heteroatoms. The van der Waals surface area contributed by atoms with Crippen molar-refractivity contribution >= 4 is 29.2 Å². The van der Waals surface area contributed by atoms with Gasteiger partial charge in [0.15, 0.2) is 0 Å².